The largest absolute Gasteiger partial charge is 0.325 e. The van der Waals surface area contributed by atoms with Gasteiger partial charge in [-0.25, -0.2) is 0 Å². The third-order valence-electron chi connectivity index (χ3n) is 4.05. The molecule has 0 heterocycles. The van der Waals surface area contributed by atoms with Crippen molar-refractivity contribution in [1.82, 2.24) is 4.90 Å². The number of amides is 2. The van der Waals surface area contributed by atoms with E-state index < -0.39 is 0 Å². The molecule has 27 heavy (non-hydrogen) atoms. The quantitative estimate of drug-likeness (QED) is 0.644. The van der Waals surface area contributed by atoms with E-state index >= 15 is 0 Å². The summed E-state index contributed by atoms with van der Waals surface area (Å²) in [4.78, 5) is 26.4. The molecule has 0 aliphatic carbocycles. The molecule has 2 N–H and O–H groups in total. The van der Waals surface area contributed by atoms with Gasteiger partial charge in [-0.05, 0) is 71.7 Å². The molecule has 0 saturated carbocycles. The monoisotopic (exact) mass is 451 g/mol. The van der Waals surface area contributed by atoms with Gasteiger partial charge < -0.3 is 10.6 Å². The summed E-state index contributed by atoms with van der Waals surface area (Å²) in [6.45, 7) is 6.60. The number of benzene rings is 2. The molecule has 0 spiro atoms. The standard InChI is InChI=1S/C20H23BrClN3O2/c1-4-25(11-19(26)23-17-8-5-13(2)9-16(17)21)12-20(27)24-18-10-15(22)7-6-14(18)3/h5-10H,4,11-12H2,1-3H3,(H,23,26)(H,24,27). The summed E-state index contributed by atoms with van der Waals surface area (Å²) in [5.41, 5.74) is 3.41. The average molecular weight is 453 g/mol. The molecular formula is C20H23BrClN3O2. The number of hydrogen-bond donors (Lipinski definition) is 2. The number of nitrogens with zero attached hydrogens (tertiary/aromatic N) is 1. The van der Waals surface area contributed by atoms with Crippen LogP contribution in [0.25, 0.3) is 0 Å². The molecule has 0 atom stereocenters. The van der Waals surface area contributed by atoms with Crippen LogP contribution in [0, 0.1) is 13.8 Å². The first-order valence-electron chi connectivity index (χ1n) is 8.63. The summed E-state index contributed by atoms with van der Waals surface area (Å²) in [5.74, 6) is -0.361. The maximum Gasteiger partial charge on any atom is 0.238 e. The number of rotatable bonds is 7. The van der Waals surface area contributed by atoms with E-state index in [4.69, 9.17) is 11.6 Å². The van der Waals surface area contributed by atoms with Gasteiger partial charge in [0.15, 0.2) is 0 Å². The zero-order valence-corrected chi connectivity index (χ0v) is 17.9. The van der Waals surface area contributed by atoms with Crippen LogP contribution in [0.15, 0.2) is 40.9 Å². The van der Waals surface area contributed by atoms with Crippen molar-refractivity contribution < 1.29 is 9.59 Å². The Labute approximate surface area is 173 Å². The second kappa shape index (κ2) is 9.88. The molecule has 0 saturated heterocycles. The lowest BCUT2D eigenvalue weighted by Crippen LogP contribution is -2.38. The molecule has 0 aliphatic rings. The van der Waals surface area contributed by atoms with Crippen LogP contribution in [0.2, 0.25) is 5.02 Å². The molecule has 5 nitrogen and oxygen atoms in total. The molecule has 2 aromatic carbocycles. The van der Waals surface area contributed by atoms with E-state index in [0.717, 1.165) is 15.6 Å². The van der Waals surface area contributed by atoms with Crippen molar-refractivity contribution in [1.29, 1.82) is 0 Å². The zero-order chi connectivity index (χ0) is 20.0. The predicted octanol–water partition coefficient (Wildman–Crippen LogP) is 4.62. The van der Waals surface area contributed by atoms with Crippen molar-refractivity contribution in [3.8, 4) is 0 Å². The van der Waals surface area contributed by atoms with Crippen LogP contribution in [-0.2, 0) is 9.59 Å². The lowest BCUT2D eigenvalue weighted by atomic mass is 10.2. The van der Waals surface area contributed by atoms with Crippen LogP contribution in [-0.4, -0.2) is 36.3 Å². The van der Waals surface area contributed by atoms with Crippen molar-refractivity contribution in [3.63, 3.8) is 0 Å². The first kappa shape index (κ1) is 21.4. The molecule has 2 amide bonds. The lowest BCUT2D eigenvalue weighted by Gasteiger charge is -2.20. The van der Waals surface area contributed by atoms with E-state index in [9.17, 15) is 9.59 Å². The van der Waals surface area contributed by atoms with Gasteiger partial charge in [-0.15, -0.1) is 0 Å². The number of carbonyl (C=O) groups excluding carboxylic acids is 2. The SMILES string of the molecule is CCN(CC(=O)Nc1cc(Cl)ccc1C)CC(=O)Nc1ccc(C)cc1Br. The molecule has 0 fully saturated rings. The highest BCUT2D eigenvalue weighted by molar-refractivity contribution is 9.10. The third kappa shape index (κ3) is 6.65. The lowest BCUT2D eigenvalue weighted by molar-refractivity contribution is -0.119. The normalized spacial score (nSPS) is 10.7. The second-order valence-corrected chi connectivity index (χ2v) is 7.63. The second-order valence-electron chi connectivity index (χ2n) is 6.34. The number of nitrogens with one attached hydrogen (secondary N) is 2. The maximum absolute atomic E-state index is 12.3. The summed E-state index contributed by atoms with van der Waals surface area (Å²) in [6, 6.07) is 11.1. The van der Waals surface area contributed by atoms with Crippen LogP contribution >= 0.6 is 27.5 Å². The summed E-state index contributed by atoms with van der Waals surface area (Å²) < 4.78 is 0.827. The Hall–Kier alpha value is -1.89. The van der Waals surface area contributed by atoms with Crippen LogP contribution in [0.1, 0.15) is 18.1 Å². The van der Waals surface area contributed by atoms with Crippen LogP contribution in [0.3, 0.4) is 0 Å². The van der Waals surface area contributed by atoms with E-state index in [-0.39, 0.29) is 24.9 Å². The Bertz CT molecular complexity index is 842. The molecule has 144 valence electrons. The first-order chi connectivity index (χ1) is 12.8. The summed E-state index contributed by atoms with van der Waals surface area (Å²) in [5, 5.41) is 6.28. The number of hydrogen-bond acceptors (Lipinski definition) is 3. The topological polar surface area (TPSA) is 61.4 Å². The van der Waals surface area contributed by atoms with Gasteiger partial charge in [-0.1, -0.05) is 30.7 Å². The van der Waals surface area contributed by atoms with Crippen LogP contribution < -0.4 is 10.6 Å². The Morgan fingerprint density at radius 2 is 1.63 bits per heavy atom. The number of carbonyl (C=O) groups is 2. The van der Waals surface area contributed by atoms with Gasteiger partial charge in [-0.2, -0.15) is 0 Å². The van der Waals surface area contributed by atoms with Crippen LogP contribution in [0.4, 0.5) is 11.4 Å². The van der Waals surface area contributed by atoms with Crippen LogP contribution in [0.5, 0.6) is 0 Å². The molecule has 0 aliphatic heterocycles. The number of aryl methyl sites for hydroxylation is 2. The Kier molecular flexibility index (Phi) is 7.83. The Morgan fingerprint density at radius 3 is 2.22 bits per heavy atom. The van der Waals surface area contributed by atoms with Gasteiger partial charge in [0, 0.05) is 15.2 Å². The molecular weight excluding hydrogens is 430 g/mol. The molecule has 0 bridgehead atoms. The molecule has 2 aromatic rings. The Balaban J connectivity index is 1.93. The smallest absolute Gasteiger partial charge is 0.238 e. The molecule has 0 radical (unpaired) electrons. The van der Waals surface area contributed by atoms with E-state index in [0.29, 0.717) is 22.9 Å². The summed E-state index contributed by atoms with van der Waals surface area (Å²) in [6.07, 6.45) is 0. The minimum absolute atomic E-state index is 0.116. The minimum Gasteiger partial charge on any atom is -0.325 e. The van der Waals surface area contributed by atoms with Crippen molar-refractivity contribution >= 4 is 50.7 Å². The maximum atomic E-state index is 12.3. The van der Waals surface area contributed by atoms with Crippen molar-refractivity contribution in [2.75, 3.05) is 30.3 Å². The number of anilines is 2. The zero-order valence-electron chi connectivity index (χ0n) is 15.6. The molecule has 2 rings (SSSR count). The fourth-order valence-electron chi connectivity index (χ4n) is 2.52. The fraction of sp³-hybridized carbons (Fsp3) is 0.300. The summed E-state index contributed by atoms with van der Waals surface area (Å²) in [7, 11) is 0. The highest BCUT2D eigenvalue weighted by Gasteiger charge is 2.15. The molecule has 0 unspecified atom stereocenters. The van der Waals surface area contributed by atoms with Gasteiger partial charge >= 0.3 is 0 Å². The van der Waals surface area contributed by atoms with E-state index in [2.05, 4.69) is 26.6 Å². The van der Waals surface area contributed by atoms with E-state index in [1.54, 1.807) is 17.0 Å². The van der Waals surface area contributed by atoms with Crippen molar-refractivity contribution in [2.24, 2.45) is 0 Å². The van der Waals surface area contributed by atoms with Crippen molar-refractivity contribution in [3.05, 3.63) is 57.0 Å². The Morgan fingerprint density at radius 1 is 1.00 bits per heavy atom. The summed E-state index contributed by atoms with van der Waals surface area (Å²) >= 11 is 9.43. The van der Waals surface area contributed by atoms with E-state index in [1.165, 1.54) is 0 Å². The third-order valence-corrected chi connectivity index (χ3v) is 4.95. The average Bonchev–Trinajstić information content (AvgIpc) is 2.60. The van der Waals surface area contributed by atoms with Gasteiger partial charge in [0.25, 0.3) is 0 Å². The predicted molar refractivity (Wildman–Crippen MR) is 114 cm³/mol. The number of halogens is 2. The number of likely N-dealkylation sites (N-methyl/N-ethyl adjacent to an activating group) is 1. The van der Waals surface area contributed by atoms with Gasteiger partial charge in [0.2, 0.25) is 11.8 Å². The first-order valence-corrected chi connectivity index (χ1v) is 9.80. The highest BCUT2D eigenvalue weighted by atomic mass is 79.9. The molecule has 0 aromatic heterocycles. The minimum atomic E-state index is -0.188. The van der Waals surface area contributed by atoms with Crippen molar-refractivity contribution in [2.45, 2.75) is 20.8 Å². The highest BCUT2D eigenvalue weighted by Crippen LogP contribution is 2.23. The van der Waals surface area contributed by atoms with Gasteiger partial charge in [0.05, 0.1) is 18.8 Å². The molecule has 7 heteroatoms. The van der Waals surface area contributed by atoms with E-state index in [1.807, 2.05) is 45.0 Å². The van der Waals surface area contributed by atoms with Gasteiger partial charge in [-0.3, -0.25) is 14.5 Å². The van der Waals surface area contributed by atoms with Gasteiger partial charge in [0.1, 0.15) is 0 Å². The fourth-order valence-corrected chi connectivity index (χ4v) is 3.28.